The van der Waals surface area contributed by atoms with Gasteiger partial charge in [-0.3, -0.25) is 0 Å². The van der Waals surface area contributed by atoms with Crippen molar-refractivity contribution in [2.24, 2.45) is 0 Å². The molecule has 69 valence electrons. The SMILES string of the molecule is CCCC[P]C.F[B-](F)(F)F. The van der Waals surface area contributed by atoms with Gasteiger partial charge in [0.15, 0.2) is 0 Å². The highest BCUT2D eigenvalue weighted by molar-refractivity contribution is 7.36. The van der Waals surface area contributed by atoms with Crippen molar-refractivity contribution in [1.82, 2.24) is 0 Å². The molecule has 0 rings (SSSR count). The molecule has 11 heavy (non-hydrogen) atoms. The molecule has 0 atom stereocenters. The molecule has 0 heterocycles. The lowest BCUT2D eigenvalue weighted by Gasteiger charge is -1.94. The maximum absolute atomic E-state index is 9.75. The molecular formula is C5H12BF4P-. The Bertz CT molecular complexity index is 65.4. The molecule has 0 aromatic rings. The minimum atomic E-state index is -6.00. The highest BCUT2D eigenvalue weighted by atomic mass is 31.1. The standard InChI is InChI=1S/C5H12P.BF4/c1-3-4-5-6-2;2-1(3,4)5/h3-5H2,1-2H3;/q;-1. The van der Waals surface area contributed by atoms with Gasteiger partial charge < -0.3 is 17.3 Å². The van der Waals surface area contributed by atoms with Crippen molar-refractivity contribution in [2.45, 2.75) is 19.8 Å². The fourth-order valence-electron chi connectivity index (χ4n) is 0.316. The van der Waals surface area contributed by atoms with Crippen LogP contribution in [0.25, 0.3) is 0 Å². The quantitative estimate of drug-likeness (QED) is 0.275. The van der Waals surface area contributed by atoms with E-state index in [1.54, 1.807) is 8.58 Å². The van der Waals surface area contributed by atoms with E-state index in [1.165, 1.54) is 19.0 Å². The first-order valence-electron chi connectivity index (χ1n) is 3.34. The molecule has 0 aliphatic heterocycles. The molecule has 0 nitrogen and oxygen atoms in total. The molecule has 6 heteroatoms. The lowest BCUT2D eigenvalue weighted by Crippen LogP contribution is -2.02. The number of halogens is 4. The molecule has 0 spiro atoms. The lowest BCUT2D eigenvalue weighted by atomic mass is 10.3. The van der Waals surface area contributed by atoms with E-state index in [1.807, 2.05) is 0 Å². The summed E-state index contributed by atoms with van der Waals surface area (Å²) in [5, 5.41) is 0. The number of hydrogen-bond acceptors (Lipinski definition) is 0. The predicted octanol–water partition coefficient (Wildman–Crippen LogP) is 3.66. The van der Waals surface area contributed by atoms with Gasteiger partial charge in [-0.2, -0.15) is 0 Å². The Kier molecular flexibility index (Phi) is 10.4. The zero-order chi connectivity index (χ0) is 9.33. The first-order chi connectivity index (χ1) is 4.91. The van der Waals surface area contributed by atoms with Crippen molar-refractivity contribution < 1.29 is 17.3 Å². The summed E-state index contributed by atoms with van der Waals surface area (Å²) in [6.07, 6.45) is 4.13. The average Bonchev–Trinajstić information content (AvgIpc) is 1.79. The Morgan fingerprint density at radius 1 is 1.18 bits per heavy atom. The van der Waals surface area contributed by atoms with E-state index in [9.17, 15) is 17.3 Å². The number of rotatable bonds is 3. The summed E-state index contributed by atoms with van der Waals surface area (Å²) in [7, 11) is -4.45. The summed E-state index contributed by atoms with van der Waals surface area (Å²) in [5.41, 5.74) is 0. The molecule has 0 amide bonds. The Hall–Kier alpha value is 0.215. The highest BCUT2D eigenvalue weighted by Crippen LogP contribution is 2.06. The molecule has 0 N–H and O–H groups in total. The number of unbranched alkanes of at least 4 members (excludes halogenated alkanes) is 1. The van der Waals surface area contributed by atoms with Crippen molar-refractivity contribution in [3.8, 4) is 0 Å². The van der Waals surface area contributed by atoms with Gasteiger partial charge >= 0.3 is 7.25 Å². The molecule has 1 radical (unpaired) electrons. The maximum Gasteiger partial charge on any atom is 0.673 e. The second-order valence-electron chi connectivity index (χ2n) is 1.89. The van der Waals surface area contributed by atoms with Gasteiger partial charge in [0, 0.05) is 0 Å². The first-order valence-corrected chi connectivity index (χ1v) is 4.87. The van der Waals surface area contributed by atoms with E-state index in [4.69, 9.17) is 0 Å². The van der Waals surface area contributed by atoms with Crippen LogP contribution in [0.1, 0.15) is 19.8 Å². The summed E-state index contributed by atoms with van der Waals surface area (Å²) in [6.45, 7) is 4.43. The van der Waals surface area contributed by atoms with Crippen LogP contribution in [0.5, 0.6) is 0 Å². The van der Waals surface area contributed by atoms with Crippen LogP contribution < -0.4 is 0 Å². The van der Waals surface area contributed by atoms with Gasteiger partial charge in [-0.25, -0.2) is 0 Å². The fraction of sp³-hybridized carbons (Fsp3) is 1.00. The zero-order valence-corrected chi connectivity index (χ0v) is 7.55. The van der Waals surface area contributed by atoms with Crippen LogP contribution in [0.15, 0.2) is 0 Å². The van der Waals surface area contributed by atoms with E-state index in [0.717, 1.165) is 0 Å². The van der Waals surface area contributed by atoms with Gasteiger partial charge in [0.2, 0.25) is 0 Å². The molecular weight excluding hydrogens is 178 g/mol. The minimum Gasteiger partial charge on any atom is -0.418 e. The van der Waals surface area contributed by atoms with Gasteiger partial charge in [-0.1, -0.05) is 21.9 Å². The second kappa shape index (κ2) is 8.31. The largest absolute Gasteiger partial charge is 0.673 e. The monoisotopic (exact) mass is 190 g/mol. The maximum atomic E-state index is 9.75. The van der Waals surface area contributed by atoms with Gasteiger partial charge in [0.1, 0.15) is 0 Å². The Balaban J connectivity index is 0. The topological polar surface area (TPSA) is 0 Å². The third kappa shape index (κ3) is 66.7. The molecule has 0 saturated carbocycles. The van der Waals surface area contributed by atoms with E-state index >= 15 is 0 Å². The van der Waals surface area contributed by atoms with Crippen molar-refractivity contribution in [2.75, 3.05) is 12.8 Å². The van der Waals surface area contributed by atoms with Crippen LogP contribution in [-0.2, 0) is 0 Å². The Morgan fingerprint density at radius 3 is 1.64 bits per heavy atom. The van der Waals surface area contributed by atoms with Gasteiger partial charge in [-0.05, 0) is 19.2 Å². The predicted molar refractivity (Wildman–Crippen MR) is 42.8 cm³/mol. The average molecular weight is 190 g/mol. The van der Waals surface area contributed by atoms with Crippen molar-refractivity contribution in [3.05, 3.63) is 0 Å². The summed E-state index contributed by atoms with van der Waals surface area (Å²) in [4.78, 5) is 0. The zero-order valence-electron chi connectivity index (χ0n) is 6.66. The normalized spacial score (nSPS) is 11.5. The van der Waals surface area contributed by atoms with E-state index in [-0.39, 0.29) is 0 Å². The van der Waals surface area contributed by atoms with Crippen LogP contribution >= 0.6 is 8.58 Å². The van der Waals surface area contributed by atoms with Crippen molar-refractivity contribution in [1.29, 1.82) is 0 Å². The Labute approximate surface area is 66.6 Å². The van der Waals surface area contributed by atoms with Gasteiger partial charge in [-0.15, -0.1) is 0 Å². The highest BCUT2D eigenvalue weighted by Gasteiger charge is 2.20. The third-order valence-electron chi connectivity index (χ3n) is 0.735. The van der Waals surface area contributed by atoms with E-state index < -0.39 is 7.25 Å². The minimum absolute atomic E-state index is 1.35. The molecule has 0 fully saturated rings. The van der Waals surface area contributed by atoms with E-state index in [2.05, 4.69) is 13.6 Å². The molecule has 0 aromatic heterocycles. The summed E-state index contributed by atoms with van der Waals surface area (Å²) in [6, 6.07) is 0. The number of hydrogen-bond donors (Lipinski definition) is 0. The van der Waals surface area contributed by atoms with Crippen LogP contribution in [0, 0.1) is 0 Å². The van der Waals surface area contributed by atoms with Gasteiger partial charge in [0.25, 0.3) is 0 Å². The molecule has 0 aliphatic carbocycles. The molecule has 0 aromatic carbocycles. The molecule has 0 bridgehead atoms. The lowest BCUT2D eigenvalue weighted by molar-refractivity contribution is 0.368. The van der Waals surface area contributed by atoms with Gasteiger partial charge in [0.05, 0.1) is 0 Å². The summed E-state index contributed by atoms with van der Waals surface area (Å²) >= 11 is 0. The van der Waals surface area contributed by atoms with Crippen LogP contribution in [0.4, 0.5) is 17.3 Å². The Morgan fingerprint density at radius 2 is 1.55 bits per heavy atom. The van der Waals surface area contributed by atoms with Crippen LogP contribution in [-0.4, -0.2) is 20.1 Å². The van der Waals surface area contributed by atoms with Crippen LogP contribution in [0.3, 0.4) is 0 Å². The summed E-state index contributed by atoms with van der Waals surface area (Å²) < 4.78 is 39.0. The molecule has 0 aliphatic rings. The fourth-order valence-corrected chi connectivity index (χ4v) is 0.949. The smallest absolute Gasteiger partial charge is 0.418 e. The van der Waals surface area contributed by atoms with Crippen molar-refractivity contribution in [3.63, 3.8) is 0 Å². The third-order valence-corrected chi connectivity index (χ3v) is 1.50. The van der Waals surface area contributed by atoms with Crippen molar-refractivity contribution >= 4 is 15.8 Å². The van der Waals surface area contributed by atoms with Crippen LogP contribution in [0.2, 0.25) is 0 Å². The van der Waals surface area contributed by atoms with E-state index in [0.29, 0.717) is 0 Å². The molecule has 0 unspecified atom stereocenters. The summed E-state index contributed by atoms with van der Waals surface area (Å²) in [5.74, 6) is 0. The molecule has 0 saturated heterocycles. The first kappa shape index (κ1) is 13.8. The second-order valence-corrected chi connectivity index (χ2v) is 2.97.